The number of aryl methyl sites for hydroxylation is 1. The minimum Gasteiger partial charge on any atom is -0.456 e. The molecule has 2 aromatic carbocycles. The zero-order valence-corrected chi connectivity index (χ0v) is 18.5. The summed E-state index contributed by atoms with van der Waals surface area (Å²) in [7, 11) is 0. The fourth-order valence-corrected chi connectivity index (χ4v) is 4.75. The number of anilines is 3. The van der Waals surface area contributed by atoms with Crippen molar-refractivity contribution in [2.75, 3.05) is 16.0 Å². The monoisotopic (exact) mass is 453 g/mol. The molecule has 9 heteroatoms. The molecule has 1 N–H and O–H groups in total. The molecule has 0 saturated heterocycles. The Bertz CT molecular complexity index is 1180. The maximum absolute atomic E-state index is 12.5. The van der Waals surface area contributed by atoms with Crippen molar-refractivity contribution in [3.05, 3.63) is 64.7 Å². The normalized spacial score (nSPS) is 12.6. The number of carbonyl (C=O) groups excluding carboxylic acids is 3. The van der Waals surface area contributed by atoms with Gasteiger partial charge in [-0.1, -0.05) is 12.1 Å². The van der Waals surface area contributed by atoms with Crippen LogP contribution in [0, 0.1) is 6.92 Å². The van der Waals surface area contributed by atoms with Crippen molar-refractivity contribution in [2.45, 2.75) is 25.3 Å². The number of nitrogens with one attached hydrogen (secondary N) is 1. The third-order valence-corrected chi connectivity index (χ3v) is 6.45. The molecule has 0 spiro atoms. The van der Waals surface area contributed by atoms with Crippen molar-refractivity contribution in [2.24, 2.45) is 0 Å². The van der Waals surface area contributed by atoms with Crippen molar-refractivity contribution in [1.82, 2.24) is 4.98 Å². The summed E-state index contributed by atoms with van der Waals surface area (Å²) in [4.78, 5) is 43.2. The molecule has 2 heterocycles. The van der Waals surface area contributed by atoms with Crippen LogP contribution in [0.3, 0.4) is 0 Å². The summed E-state index contributed by atoms with van der Waals surface area (Å²) in [5.74, 6) is -0.397. The highest BCUT2D eigenvalue weighted by atomic mass is 32.2. The number of thiazole rings is 1. The Hall–Kier alpha value is -3.17. The lowest BCUT2D eigenvalue weighted by atomic mass is 10.2. The molecule has 1 aliphatic rings. The zero-order valence-electron chi connectivity index (χ0n) is 16.9. The van der Waals surface area contributed by atoms with E-state index in [0.29, 0.717) is 27.8 Å². The summed E-state index contributed by atoms with van der Waals surface area (Å²) in [5, 5.41) is 5.03. The van der Waals surface area contributed by atoms with Gasteiger partial charge in [0.2, 0.25) is 11.8 Å². The number of amides is 2. The molecule has 3 aromatic rings. The molecule has 31 heavy (non-hydrogen) atoms. The molecule has 0 unspecified atom stereocenters. The van der Waals surface area contributed by atoms with Gasteiger partial charge in [-0.05, 0) is 42.8 Å². The summed E-state index contributed by atoms with van der Waals surface area (Å²) in [5.41, 5.74) is 3.28. The maximum atomic E-state index is 12.5. The minimum atomic E-state index is -0.510. The third kappa shape index (κ3) is 4.78. The lowest BCUT2D eigenvalue weighted by molar-refractivity contribution is -0.116. The molecular weight excluding hydrogens is 434 g/mol. The minimum absolute atomic E-state index is 0.0207. The van der Waals surface area contributed by atoms with E-state index in [1.54, 1.807) is 23.6 Å². The Kier molecular flexibility index (Phi) is 6.06. The number of aromatic nitrogens is 1. The summed E-state index contributed by atoms with van der Waals surface area (Å²) >= 11 is 2.73. The number of thioether (sulfide) groups is 1. The standard InChI is InChI=1S/C22H19N3O4S2/c1-13-4-3-5-17(8-13)25(14(2)26)22-23-16(11-31-22)10-29-21(28)15-6-7-19-18(9-15)24-20(27)12-30-19/h3-9,11H,10,12H2,1-2H3,(H,24,27). The number of rotatable bonds is 5. The number of carbonyl (C=O) groups is 3. The first-order valence-corrected chi connectivity index (χ1v) is 11.3. The number of hydrogen-bond donors (Lipinski definition) is 1. The number of nitrogens with zero attached hydrogens (tertiary/aromatic N) is 2. The van der Waals surface area contributed by atoms with E-state index in [9.17, 15) is 14.4 Å². The molecule has 0 saturated carbocycles. The number of ether oxygens (including phenoxy) is 1. The average molecular weight is 454 g/mol. The van der Waals surface area contributed by atoms with Gasteiger partial charge >= 0.3 is 5.97 Å². The Morgan fingerprint density at radius 1 is 1.23 bits per heavy atom. The van der Waals surface area contributed by atoms with Crippen molar-refractivity contribution < 1.29 is 19.1 Å². The van der Waals surface area contributed by atoms with Crippen LogP contribution in [-0.4, -0.2) is 28.5 Å². The highest BCUT2D eigenvalue weighted by Gasteiger charge is 2.20. The van der Waals surface area contributed by atoms with Gasteiger partial charge in [0.15, 0.2) is 5.13 Å². The number of fused-ring (bicyclic) bond motifs is 1. The third-order valence-electron chi connectivity index (χ3n) is 4.50. The molecule has 0 bridgehead atoms. The highest BCUT2D eigenvalue weighted by Crippen LogP contribution is 2.32. The predicted octanol–water partition coefficient (Wildman–Crippen LogP) is 4.54. The van der Waals surface area contributed by atoms with Crippen LogP contribution in [0.1, 0.15) is 28.5 Å². The quantitative estimate of drug-likeness (QED) is 0.571. The van der Waals surface area contributed by atoms with Crippen LogP contribution in [0.25, 0.3) is 0 Å². The van der Waals surface area contributed by atoms with E-state index in [2.05, 4.69) is 10.3 Å². The molecule has 4 rings (SSSR count). The van der Waals surface area contributed by atoms with E-state index in [1.807, 2.05) is 31.2 Å². The van der Waals surface area contributed by atoms with Gasteiger partial charge in [-0.15, -0.1) is 23.1 Å². The van der Waals surface area contributed by atoms with Crippen LogP contribution >= 0.6 is 23.1 Å². The molecule has 7 nitrogen and oxygen atoms in total. The van der Waals surface area contributed by atoms with E-state index in [-0.39, 0.29) is 18.4 Å². The number of benzene rings is 2. The van der Waals surface area contributed by atoms with Crippen LogP contribution in [0.5, 0.6) is 0 Å². The second-order valence-corrected chi connectivity index (χ2v) is 8.79. The van der Waals surface area contributed by atoms with E-state index in [4.69, 9.17) is 4.74 Å². The number of esters is 1. The van der Waals surface area contributed by atoms with E-state index in [1.165, 1.54) is 34.9 Å². The molecule has 0 aliphatic carbocycles. The first-order chi connectivity index (χ1) is 14.9. The second-order valence-electron chi connectivity index (χ2n) is 6.94. The molecule has 0 atom stereocenters. The summed E-state index contributed by atoms with van der Waals surface area (Å²) in [6.45, 7) is 3.42. The Morgan fingerprint density at radius 3 is 2.84 bits per heavy atom. The zero-order chi connectivity index (χ0) is 22.0. The topological polar surface area (TPSA) is 88.6 Å². The van der Waals surface area contributed by atoms with Gasteiger partial charge in [-0.3, -0.25) is 14.5 Å². The van der Waals surface area contributed by atoms with Crippen LogP contribution in [0.4, 0.5) is 16.5 Å². The summed E-state index contributed by atoms with van der Waals surface area (Å²) in [6.07, 6.45) is 0. The fraction of sp³-hybridized carbons (Fsp3) is 0.182. The molecular formula is C22H19N3O4S2. The molecule has 2 amide bonds. The van der Waals surface area contributed by atoms with Crippen molar-refractivity contribution >= 4 is 57.4 Å². The highest BCUT2D eigenvalue weighted by molar-refractivity contribution is 8.00. The number of hydrogen-bond acceptors (Lipinski definition) is 7. The first kappa shape index (κ1) is 21.1. The van der Waals surface area contributed by atoms with E-state index < -0.39 is 5.97 Å². The van der Waals surface area contributed by atoms with E-state index >= 15 is 0 Å². The van der Waals surface area contributed by atoms with Gasteiger partial charge in [-0.25, -0.2) is 9.78 Å². The van der Waals surface area contributed by atoms with Crippen molar-refractivity contribution in [1.29, 1.82) is 0 Å². The van der Waals surface area contributed by atoms with Crippen LogP contribution in [-0.2, 0) is 20.9 Å². The lowest BCUT2D eigenvalue weighted by Crippen LogP contribution is -2.22. The molecule has 1 aliphatic heterocycles. The fourth-order valence-electron chi connectivity index (χ4n) is 3.09. The molecule has 1 aromatic heterocycles. The van der Waals surface area contributed by atoms with Crippen LogP contribution in [0.15, 0.2) is 52.7 Å². The Balaban J connectivity index is 1.45. The predicted molar refractivity (Wildman–Crippen MR) is 121 cm³/mol. The maximum Gasteiger partial charge on any atom is 0.338 e. The molecule has 0 fully saturated rings. The second kappa shape index (κ2) is 8.91. The van der Waals surface area contributed by atoms with Gasteiger partial charge < -0.3 is 10.1 Å². The Labute approximate surface area is 187 Å². The molecule has 158 valence electrons. The lowest BCUT2D eigenvalue weighted by Gasteiger charge is -2.18. The molecule has 0 radical (unpaired) electrons. The van der Waals surface area contributed by atoms with Gasteiger partial charge in [0.25, 0.3) is 0 Å². The summed E-state index contributed by atoms with van der Waals surface area (Å²) in [6, 6.07) is 12.7. The van der Waals surface area contributed by atoms with Gasteiger partial charge in [0.05, 0.1) is 28.4 Å². The van der Waals surface area contributed by atoms with Crippen LogP contribution < -0.4 is 10.2 Å². The first-order valence-electron chi connectivity index (χ1n) is 9.46. The van der Waals surface area contributed by atoms with Crippen molar-refractivity contribution in [3.8, 4) is 0 Å². The SMILES string of the molecule is CC(=O)N(c1cccc(C)c1)c1nc(COC(=O)c2ccc3c(c2)NC(=O)CS3)cs1. The van der Waals surface area contributed by atoms with E-state index in [0.717, 1.165) is 16.1 Å². The van der Waals surface area contributed by atoms with Crippen molar-refractivity contribution in [3.63, 3.8) is 0 Å². The van der Waals surface area contributed by atoms with Gasteiger partial charge in [-0.2, -0.15) is 0 Å². The Morgan fingerprint density at radius 2 is 2.06 bits per heavy atom. The average Bonchev–Trinajstić information content (AvgIpc) is 3.19. The smallest absolute Gasteiger partial charge is 0.338 e. The summed E-state index contributed by atoms with van der Waals surface area (Å²) < 4.78 is 5.39. The van der Waals surface area contributed by atoms with Gasteiger partial charge in [0.1, 0.15) is 6.61 Å². The van der Waals surface area contributed by atoms with Gasteiger partial charge in [0, 0.05) is 17.2 Å². The largest absolute Gasteiger partial charge is 0.456 e. The van der Waals surface area contributed by atoms with Crippen LogP contribution in [0.2, 0.25) is 0 Å².